The fourth-order valence-corrected chi connectivity index (χ4v) is 2.98. The van der Waals surface area contributed by atoms with E-state index in [1.54, 1.807) is 25.3 Å². The van der Waals surface area contributed by atoms with E-state index >= 15 is 0 Å². The van der Waals surface area contributed by atoms with E-state index in [0.29, 0.717) is 30.2 Å². The van der Waals surface area contributed by atoms with Crippen molar-refractivity contribution in [3.05, 3.63) is 23.8 Å². The average molecular weight is 334 g/mol. The molecule has 1 fully saturated rings. The van der Waals surface area contributed by atoms with Gasteiger partial charge < -0.3 is 19.7 Å². The maximum Gasteiger partial charge on any atom is 0.251 e. The average Bonchev–Trinajstić information content (AvgIpc) is 2.60. The van der Waals surface area contributed by atoms with Gasteiger partial charge in [-0.05, 0) is 69.9 Å². The Balaban J connectivity index is 1.77. The lowest BCUT2D eigenvalue weighted by Gasteiger charge is -2.30. The summed E-state index contributed by atoms with van der Waals surface area (Å²) in [6.45, 7) is 8.89. The topological polar surface area (TPSA) is 50.8 Å². The van der Waals surface area contributed by atoms with E-state index in [9.17, 15) is 4.79 Å². The molecule has 0 bridgehead atoms. The second-order valence-electron chi connectivity index (χ2n) is 6.43. The van der Waals surface area contributed by atoms with Crippen LogP contribution < -0.4 is 14.8 Å². The van der Waals surface area contributed by atoms with Crippen molar-refractivity contribution in [2.24, 2.45) is 5.92 Å². The molecule has 134 valence electrons. The molecule has 0 radical (unpaired) electrons. The molecule has 0 unspecified atom stereocenters. The molecule has 5 nitrogen and oxygen atoms in total. The van der Waals surface area contributed by atoms with Gasteiger partial charge in [0.2, 0.25) is 0 Å². The Kier molecular flexibility index (Phi) is 7.37. The van der Waals surface area contributed by atoms with Gasteiger partial charge in [-0.25, -0.2) is 0 Å². The van der Waals surface area contributed by atoms with Gasteiger partial charge in [0, 0.05) is 12.1 Å². The lowest BCUT2D eigenvalue weighted by molar-refractivity contribution is 0.0950. The van der Waals surface area contributed by atoms with E-state index in [1.807, 2.05) is 6.92 Å². The highest BCUT2D eigenvalue weighted by atomic mass is 16.5. The SMILES string of the molecule is CCOc1cc(C(=O)NCCCN2CCC(C)CC2)ccc1OC. The lowest BCUT2D eigenvalue weighted by atomic mass is 9.99. The Bertz CT molecular complexity index is 525. The standard InChI is InChI=1S/C19H30N2O3/c1-4-24-18-14-16(6-7-17(18)23-3)19(22)20-10-5-11-21-12-8-15(2)9-13-21/h6-7,14-15H,4-5,8-13H2,1-3H3,(H,20,22). The van der Waals surface area contributed by atoms with Gasteiger partial charge in [0.05, 0.1) is 13.7 Å². The number of carbonyl (C=O) groups is 1. The number of amides is 1. The molecule has 0 spiro atoms. The molecule has 1 saturated heterocycles. The van der Waals surface area contributed by atoms with Gasteiger partial charge in [0.25, 0.3) is 5.91 Å². The minimum Gasteiger partial charge on any atom is -0.493 e. The largest absolute Gasteiger partial charge is 0.493 e. The second-order valence-corrected chi connectivity index (χ2v) is 6.43. The van der Waals surface area contributed by atoms with Crippen molar-refractivity contribution in [1.29, 1.82) is 0 Å². The van der Waals surface area contributed by atoms with E-state index in [0.717, 1.165) is 18.9 Å². The van der Waals surface area contributed by atoms with E-state index in [2.05, 4.69) is 17.1 Å². The van der Waals surface area contributed by atoms with Crippen LogP contribution in [0.15, 0.2) is 18.2 Å². The zero-order chi connectivity index (χ0) is 17.4. The van der Waals surface area contributed by atoms with Gasteiger partial charge in [-0.15, -0.1) is 0 Å². The van der Waals surface area contributed by atoms with Crippen LogP contribution >= 0.6 is 0 Å². The molecule has 2 rings (SSSR count). The highest BCUT2D eigenvalue weighted by Crippen LogP contribution is 2.28. The summed E-state index contributed by atoms with van der Waals surface area (Å²) in [4.78, 5) is 14.8. The number of benzene rings is 1. The van der Waals surface area contributed by atoms with E-state index in [4.69, 9.17) is 9.47 Å². The molecule has 1 aromatic carbocycles. The Labute approximate surface area is 145 Å². The van der Waals surface area contributed by atoms with Crippen LogP contribution in [0.3, 0.4) is 0 Å². The van der Waals surface area contributed by atoms with E-state index in [-0.39, 0.29) is 5.91 Å². The van der Waals surface area contributed by atoms with Crippen LogP contribution in [0.2, 0.25) is 0 Å². The highest BCUT2D eigenvalue weighted by molar-refractivity contribution is 5.94. The van der Waals surface area contributed by atoms with Crippen molar-refractivity contribution in [3.8, 4) is 11.5 Å². The number of hydrogen-bond donors (Lipinski definition) is 1. The van der Waals surface area contributed by atoms with E-state index < -0.39 is 0 Å². The molecule has 0 aliphatic carbocycles. The molecular formula is C19H30N2O3. The summed E-state index contributed by atoms with van der Waals surface area (Å²) in [7, 11) is 1.60. The van der Waals surface area contributed by atoms with Gasteiger partial charge in [-0.1, -0.05) is 6.92 Å². The van der Waals surface area contributed by atoms with E-state index in [1.165, 1.54) is 25.9 Å². The third-order valence-electron chi connectivity index (χ3n) is 4.54. The summed E-state index contributed by atoms with van der Waals surface area (Å²) in [5.74, 6) is 2.05. The number of nitrogens with zero attached hydrogens (tertiary/aromatic N) is 1. The molecule has 1 aliphatic heterocycles. The third kappa shape index (κ3) is 5.41. The molecule has 0 aromatic heterocycles. The zero-order valence-corrected chi connectivity index (χ0v) is 15.1. The number of ether oxygens (including phenoxy) is 2. The number of likely N-dealkylation sites (tertiary alicyclic amines) is 1. The molecule has 5 heteroatoms. The summed E-state index contributed by atoms with van der Waals surface area (Å²) in [6, 6.07) is 5.28. The van der Waals surface area contributed by atoms with Gasteiger partial charge in [-0.3, -0.25) is 4.79 Å². The van der Waals surface area contributed by atoms with Crippen molar-refractivity contribution in [3.63, 3.8) is 0 Å². The lowest BCUT2D eigenvalue weighted by Crippen LogP contribution is -2.35. The van der Waals surface area contributed by atoms with Gasteiger partial charge in [-0.2, -0.15) is 0 Å². The third-order valence-corrected chi connectivity index (χ3v) is 4.54. The quantitative estimate of drug-likeness (QED) is 0.743. The Hall–Kier alpha value is -1.75. The molecule has 0 saturated carbocycles. The van der Waals surface area contributed by atoms with Crippen LogP contribution in [0.25, 0.3) is 0 Å². The van der Waals surface area contributed by atoms with Gasteiger partial charge >= 0.3 is 0 Å². The maximum absolute atomic E-state index is 12.3. The van der Waals surface area contributed by atoms with Gasteiger partial charge in [0.15, 0.2) is 11.5 Å². The summed E-state index contributed by atoms with van der Waals surface area (Å²) < 4.78 is 10.8. The molecule has 1 aromatic rings. The first-order chi connectivity index (χ1) is 11.6. The van der Waals surface area contributed by atoms with Crippen LogP contribution in [0.1, 0.15) is 43.5 Å². The molecule has 1 heterocycles. The van der Waals surface area contributed by atoms with Gasteiger partial charge in [0.1, 0.15) is 0 Å². The van der Waals surface area contributed by atoms with Crippen LogP contribution in [0.4, 0.5) is 0 Å². The molecule has 1 N–H and O–H groups in total. The number of methoxy groups -OCH3 is 1. The smallest absolute Gasteiger partial charge is 0.251 e. The van der Waals surface area contributed by atoms with Crippen LogP contribution in [0, 0.1) is 5.92 Å². The molecule has 24 heavy (non-hydrogen) atoms. The van der Waals surface area contributed by atoms with Crippen LogP contribution in [-0.2, 0) is 0 Å². The van der Waals surface area contributed by atoms with Crippen molar-refractivity contribution >= 4 is 5.91 Å². The minimum absolute atomic E-state index is 0.0640. The molecule has 1 amide bonds. The van der Waals surface area contributed by atoms with Crippen molar-refractivity contribution in [2.45, 2.75) is 33.1 Å². The first kappa shape index (κ1) is 18.6. The summed E-state index contributed by atoms with van der Waals surface area (Å²) >= 11 is 0. The normalized spacial score (nSPS) is 16.0. The Morgan fingerprint density at radius 2 is 2.04 bits per heavy atom. The monoisotopic (exact) mass is 334 g/mol. The predicted molar refractivity (Wildman–Crippen MR) is 96.0 cm³/mol. The number of carbonyl (C=O) groups excluding carboxylic acids is 1. The van der Waals surface area contributed by atoms with Crippen LogP contribution in [-0.4, -0.2) is 50.7 Å². The Morgan fingerprint density at radius 1 is 1.29 bits per heavy atom. The summed E-state index contributed by atoms with van der Waals surface area (Å²) in [5.41, 5.74) is 0.603. The fourth-order valence-electron chi connectivity index (χ4n) is 2.98. The summed E-state index contributed by atoms with van der Waals surface area (Å²) in [5, 5.41) is 2.99. The molecular weight excluding hydrogens is 304 g/mol. The fraction of sp³-hybridized carbons (Fsp3) is 0.632. The number of rotatable bonds is 8. The minimum atomic E-state index is -0.0640. The number of hydrogen-bond acceptors (Lipinski definition) is 4. The van der Waals surface area contributed by atoms with Crippen LogP contribution in [0.5, 0.6) is 11.5 Å². The van der Waals surface area contributed by atoms with Crippen molar-refractivity contribution in [1.82, 2.24) is 10.2 Å². The maximum atomic E-state index is 12.3. The molecule has 1 aliphatic rings. The first-order valence-electron chi connectivity index (χ1n) is 8.95. The first-order valence-corrected chi connectivity index (χ1v) is 8.95. The van der Waals surface area contributed by atoms with Crippen molar-refractivity contribution in [2.75, 3.05) is 39.9 Å². The predicted octanol–water partition coefficient (Wildman–Crippen LogP) is 2.95. The highest BCUT2D eigenvalue weighted by Gasteiger charge is 2.15. The second kappa shape index (κ2) is 9.52. The number of piperidine rings is 1. The molecule has 0 atom stereocenters. The summed E-state index contributed by atoms with van der Waals surface area (Å²) in [6.07, 6.45) is 3.56. The number of nitrogens with one attached hydrogen (secondary N) is 1. The zero-order valence-electron chi connectivity index (χ0n) is 15.1. The van der Waals surface area contributed by atoms with Crippen molar-refractivity contribution < 1.29 is 14.3 Å². The Morgan fingerprint density at radius 3 is 2.71 bits per heavy atom.